The summed E-state index contributed by atoms with van der Waals surface area (Å²) in [7, 11) is -5.53. The number of nitrogens with two attached hydrogens (primary N) is 1. The molecule has 0 aromatic carbocycles. The van der Waals surface area contributed by atoms with Crippen molar-refractivity contribution in [2.24, 2.45) is 5.73 Å². The highest BCUT2D eigenvalue weighted by molar-refractivity contribution is 7.46. The number of nitrogens with zero attached hydrogens (tertiary/aromatic N) is 1. The Hall–Kier alpha value is -3.60. The second-order valence-electron chi connectivity index (χ2n) is 31.2. The zero-order valence-electron chi connectivity index (χ0n) is 71.5. The molecule has 1 rings (SSSR count). The van der Waals surface area contributed by atoms with Crippen molar-refractivity contribution in [2.45, 2.75) is 483 Å². The van der Waals surface area contributed by atoms with E-state index in [2.05, 4.69) is 77.8 Å². The Kier molecular flexibility index (Phi) is 71.8. The van der Waals surface area contributed by atoms with Crippen molar-refractivity contribution in [3.05, 3.63) is 0 Å². The van der Waals surface area contributed by atoms with Gasteiger partial charge in [0, 0.05) is 19.3 Å². The van der Waals surface area contributed by atoms with Crippen LogP contribution in [-0.4, -0.2) is 149 Å². The van der Waals surface area contributed by atoms with E-state index in [1.807, 2.05) is 0 Å². The van der Waals surface area contributed by atoms with Crippen molar-refractivity contribution in [1.82, 2.24) is 15.5 Å². The van der Waals surface area contributed by atoms with Gasteiger partial charge in [0.15, 0.2) is 12.4 Å². The van der Waals surface area contributed by atoms with Crippen LogP contribution in [-0.2, 0) is 71.1 Å². The lowest BCUT2D eigenvalue weighted by Gasteiger charge is -2.45. The van der Waals surface area contributed by atoms with E-state index in [1.54, 1.807) is 0 Å². The Balaban J connectivity index is 0.0000161. The molecular weight excluding hydrogens is 1420 g/mol. The minimum Gasteiger partial charge on any atom is -0.462 e. The topological polar surface area (TPSA) is 315 Å². The summed E-state index contributed by atoms with van der Waals surface area (Å²) >= 11 is 0. The lowest BCUT2D eigenvalue weighted by molar-refractivity contribution is -0.271. The zero-order chi connectivity index (χ0) is 81.5. The summed E-state index contributed by atoms with van der Waals surface area (Å²) in [5.74, 6) is -4.83. The van der Waals surface area contributed by atoms with Gasteiger partial charge in [-0.25, -0.2) is 4.57 Å². The summed E-state index contributed by atoms with van der Waals surface area (Å²) in [6.45, 7) is 21.4. The van der Waals surface area contributed by atoms with Crippen LogP contribution in [0.4, 0.5) is 0 Å². The van der Waals surface area contributed by atoms with Crippen molar-refractivity contribution in [3.8, 4) is 0 Å². The molecule has 22 nitrogen and oxygen atoms in total. The predicted molar refractivity (Wildman–Crippen MR) is 442 cm³/mol. The predicted octanol–water partition coefficient (Wildman–Crippen LogP) is 20.0. The van der Waals surface area contributed by atoms with Gasteiger partial charge >= 0.3 is 31.7 Å². The molecule has 23 heteroatoms. The van der Waals surface area contributed by atoms with Gasteiger partial charge in [-0.3, -0.25) is 43.4 Å². The van der Waals surface area contributed by atoms with Crippen LogP contribution < -0.4 is 16.4 Å². The number of esters is 4. The summed E-state index contributed by atoms with van der Waals surface area (Å²) in [6, 6.07) is -3.33. The summed E-state index contributed by atoms with van der Waals surface area (Å²) in [6.07, 6.45) is 39.3. The monoisotopic (exact) mass is 1590 g/mol. The lowest BCUT2D eigenvalue weighted by atomic mass is 9.95. The van der Waals surface area contributed by atoms with E-state index in [1.165, 1.54) is 77.4 Å². The number of ether oxygens (including phenoxy) is 6. The molecule has 9 atom stereocenters. The molecule has 1 aliphatic heterocycles. The zero-order valence-corrected chi connectivity index (χ0v) is 72.4. The van der Waals surface area contributed by atoms with Crippen LogP contribution in [0.3, 0.4) is 0 Å². The Morgan fingerprint density at radius 1 is 0.409 bits per heavy atom. The van der Waals surface area contributed by atoms with Gasteiger partial charge < -0.3 is 59.3 Å². The first-order valence-corrected chi connectivity index (χ1v) is 46.7. The molecule has 7 N–H and O–H groups in total. The molecule has 0 bridgehead atoms. The lowest BCUT2D eigenvalue weighted by Crippen LogP contribution is -2.66. The molecule has 0 spiro atoms. The highest BCUT2D eigenvalue weighted by Gasteiger charge is 2.52. The van der Waals surface area contributed by atoms with E-state index in [0.717, 1.165) is 212 Å². The number of aliphatic hydroxyl groups excluding tert-OH is 1. The Labute approximate surface area is 669 Å². The van der Waals surface area contributed by atoms with Gasteiger partial charge in [-0.2, -0.15) is 0 Å². The molecule has 0 aromatic rings. The maximum Gasteiger partial charge on any atom is 0.470 e. The quantitative estimate of drug-likeness (QED) is 0.0143. The van der Waals surface area contributed by atoms with Crippen LogP contribution in [0.1, 0.15) is 428 Å². The van der Waals surface area contributed by atoms with Gasteiger partial charge in [0.25, 0.3) is 0 Å². The third-order valence-corrected chi connectivity index (χ3v) is 21.5. The van der Waals surface area contributed by atoms with E-state index in [4.69, 9.17) is 38.7 Å². The number of carbonyl (C=O) groups excluding carboxylic acids is 7. The van der Waals surface area contributed by atoms with Crippen molar-refractivity contribution in [1.29, 1.82) is 0 Å². The molecule has 648 valence electrons. The molecule has 0 saturated carbocycles. The van der Waals surface area contributed by atoms with Gasteiger partial charge in [-0.05, 0) is 77.4 Å². The number of unbranched alkanes of at least 4 members (excludes halogenated alkanes) is 42. The highest BCUT2D eigenvalue weighted by Crippen LogP contribution is 2.42. The van der Waals surface area contributed by atoms with Crippen LogP contribution >= 0.6 is 7.82 Å². The number of phosphoric acid groups is 1. The summed E-state index contributed by atoms with van der Waals surface area (Å²) in [4.78, 5) is 121. The second kappa shape index (κ2) is 74.2. The standard InChI is InChI=1S/C81H152N3O18P.C6H15N/c1-7-13-19-25-31-34-40-43-49-55-66(97-73(88)58-52-46-37-28-22-16-10-4)61-71(86)83-77-79(101-76(91)63-68(57-51-45-42-36-33-27-21-15-9-3)99-75(90)60-54-48-39-30-24-18-12-6)78(102-103(93,94)95)70(64-85)100-81(77)96-65-69(82)80(92)84-72(87)62-67(56-50-44-41-35-32-26-20-14-8-2)98-74(89)59-53-47-38-29-23-17-11-5;1-4-7(5-2)6-3/h66-70,77-79,81,85H,7-65,82H2,1-6H3,(H,83,86)(H,84,87,92)(H2,93,94,95);4-6H2,1-3H3/t66-,67-,68-,69+,70-,77-,78-,79-,81-;/m1./s1. The first-order chi connectivity index (χ1) is 53.2. The molecular formula is C87H167N4O18P. The third kappa shape index (κ3) is 61.8. The van der Waals surface area contributed by atoms with Crippen molar-refractivity contribution in [3.63, 3.8) is 0 Å². The molecule has 1 fully saturated rings. The summed E-state index contributed by atoms with van der Waals surface area (Å²) in [5.41, 5.74) is 6.47. The highest BCUT2D eigenvalue weighted by atomic mass is 31.2. The summed E-state index contributed by atoms with van der Waals surface area (Å²) in [5, 5.41) is 16.0. The summed E-state index contributed by atoms with van der Waals surface area (Å²) < 4.78 is 54.8. The fraction of sp³-hybridized carbons (Fsp3) is 0.920. The van der Waals surface area contributed by atoms with Crippen LogP contribution in [0, 0.1) is 0 Å². The number of aliphatic hydroxyl groups is 1. The molecule has 1 heterocycles. The number of imide groups is 1. The molecule has 1 saturated heterocycles. The molecule has 0 aromatic heterocycles. The third-order valence-electron chi connectivity index (χ3n) is 21.0. The maximum atomic E-state index is 14.8. The van der Waals surface area contributed by atoms with Gasteiger partial charge in [0.1, 0.15) is 42.6 Å². The molecule has 110 heavy (non-hydrogen) atoms. The van der Waals surface area contributed by atoms with E-state index < -0.39 is 130 Å². The number of hydrogen-bond donors (Lipinski definition) is 6. The first kappa shape index (κ1) is 106. The molecule has 0 unspecified atom stereocenters. The molecule has 3 amide bonds. The van der Waals surface area contributed by atoms with Crippen LogP contribution in [0.15, 0.2) is 0 Å². The van der Waals surface area contributed by atoms with Gasteiger partial charge in [0.2, 0.25) is 17.7 Å². The number of nitrogens with one attached hydrogen (secondary N) is 2. The van der Waals surface area contributed by atoms with Crippen LogP contribution in [0.25, 0.3) is 0 Å². The normalized spacial score (nSPS) is 16.8. The fourth-order valence-electron chi connectivity index (χ4n) is 14.1. The first-order valence-electron chi connectivity index (χ1n) is 45.2. The number of hydrogen-bond acceptors (Lipinski definition) is 18. The van der Waals surface area contributed by atoms with Crippen molar-refractivity contribution < 1.29 is 86.0 Å². The number of amides is 3. The van der Waals surface area contributed by atoms with Gasteiger partial charge in [-0.1, -0.05) is 332 Å². The second-order valence-corrected chi connectivity index (χ2v) is 32.4. The minimum absolute atomic E-state index is 0.137. The van der Waals surface area contributed by atoms with Crippen LogP contribution in [0.2, 0.25) is 0 Å². The largest absolute Gasteiger partial charge is 0.470 e. The Morgan fingerprint density at radius 2 is 0.709 bits per heavy atom. The smallest absolute Gasteiger partial charge is 0.462 e. The maximum absolute atomic E-state index is 14.8. The molecule has 0 radical (unpaired) electrons. The minimum atomic E-state index is -5.53. The van der Waals surface area contributed by atoms with E-state index in [-0.39, 0.29) is 25.7 Å². The fourth-order valence-corrected chi connectivity index (χ4v) is 14.7. The average molecular weight is 1590 g/mol. The number of rotatable bonds is 75. The van der Waals surface area contributed by atoms with E-state index in [0.29, 0.717) is 57.8 Å². The van der Waals surface area contributed by atoms with Crippen molar-refractivity contribution >= 4 is 49.4 Å². The SMILES string of the molecule is CCCCCCCCCCC[C@H](CC(=O)NC(=O)[C@@H](N)CO[C@@H]1O[C@H](CO)[C@@H](OP(=O)(O)O)[C@H](OC(=O)C[C@@H](CCCCCCCCCCC)OC(=O)CCCCCCCCC)[C@H]1NC(=O)C[C@@H](CCCCCCCCCCC)OC(=O)CCCCCCCCC)OC(=O)CCCCCCCCC.CCN(CC)CC. The van der Waals surface area contributed by atoms with E-state index >= 15 is 0 Å². The number of phosphoric ester groups is 1. The van der Waals surface area contributed by atoms with Gasteiger partial charge in [0.05, 0.1) is 32.5 Å². The number of carbonyl (C=O) groups is 7. The van der Waals surface area contributed by atoms with Crippen LogP contribution in [0.5, 0.6) is 0 Å². The average Bonchev–Trinajstić information content (AvgIpc) is 0.780. The van der Waals surface area contributed by atoms with E-state index in [9.17, 15) is 53.0 Å². The Morgan fingerprint density at radius 3 is 1.01 bits per heavy atom. The molecule has 1 aliphatic rings. The van der Waals surface area contributed by atoms with Gasteiger partial charge in [-0.15, -0.1) is 0 Å². The molecule has 0 aliphatic carbocycles. The Bertz CT molecular complexity index is 2270. The van der Waals surface area contributed by atoms with Crippen molar-refractivity contribution in [2.75, 3.05) is 32.8 Å².